The molecule has 1 aliphatic rings. The van der Waals surface area contributed by atoms with Crippen molar-refractivity contribution in [1.82, 2.24) is 0 Å². The molecule has 0 unspecified atom stereocenters. The standard InChI is InChI=1S/C9H9BrO3S/c1-5(11)8-6-7(9(10)14-8)13-4-2-3-12-6/h2-4H2,1H3. The van der Waals surface area contributed by atoms with Crippen LogP contribution >= 0.6 is 27.3 Å². The van der Waals surface area contributed by atoms with Crippen LogP contribution in [0.25, 0.3) is 0 Å². The number of Topliss-reactive ketones (excluding diaryl/α,β-unsaturated/α-hetero) is 1. The Morgan fingerprint density at radius 2 is 2.00 bits per heavy atom. The first-order valence-electron chi connectivity index (χ1n) is 4.29. The quantitative estimate of drug-likeness (QED) is 0.740. The topological polar surface area (TPSA) is 35.5 Å². The lowest BCUT2D eigenvalue weighted by Gasteiger charge is -2.02. The van der Waals surface area contributed by atoms with Crippen molar-refractivity contribution in [2.75, 3.05) is 13.2 Å². The zero-order chi connectivity index (χ0) is 10.1. The third kappa shape index (κ3) is 1.66. The Balaban J connectivity index is 2.49. The number of halogens is 1. The molecule has 2 heterocycles. The van der Waals surface area contributed by atoms with E-state index in [0.29, 0.717) is 29.6 Å². The van der Waals surface area contributed by atoms with Gasteiger partial charge in [0.1, 0.15) is 8.66 Å². The first-order valence-corrected chi connectivity index (χ1v) is 5.90. The van der Waals surface area contributed by atoms with Gasteiger partial charge in [-0.15, -0.1) is 11.3 Å². The molecule has 0 radical (unpaired) electrons. The summed E-state index contributed by atoms with van der Waals surface area (Å²) in [4.78, 5) is 11.9. The third-order valence-electron chi connectivity index (χ3n) is 1.88. The summed E-state index contributed by atoms with van der Waals surface area (Å²) in [6.07, 6.45) is 0.850. The summed E-state index contributed by atoms with van der Waals surface area (Å²) in [7, 11) is 0. The summed E-state index contributed by atoms with van der Waals surface area (Å²) < 4.78 is 11.8. The molecule has 1 aliphatic heterocycles. The van der Waals surface area contributed by atoms with Crippen molar-refractivity contribution < 1.29 is 14.3 Å². The summed E-state index contributed by atoms with van der Waals surface area (Å²) in [6, 6.07) is 0. The van der Waals surface area contributed by atoms with E-state index in [1.165, 1.54) is 18.3 Å². The molecular formula is C9H9BrO3S. The number of ketones is 1. The maximum absolute atomic E-state index is 11.3. The Labute approximate surface area is 94.1 Å². The zero-order valence-electron chi connectivity index (χ0n) is 7.63. The van der Waals surface area contributed by atoms with Gasteiger partial charge in [-0.1, -0.05) is 0 Å². The highest BCUT2D eigenvalue weighted by Crippen LogP contribution is 2.46. The van der Waals surface area contributed by atoms with Crippen LogP contribution in [0.2, 0.25) is 0 Å². The van der Waals surface area contributed by atoms with Crippen molar-refractivity contribution in [3.8, 4) is 11.5 Å². The number of ether oxygens (including phenoxy) is 2. The smallest absolute Gasteiger partial charge is 0.187 e. The molecule has 5 heteroatoms. The zero-order valence-corrected chi connectivity index (χ0v) is 10.0. The molecule has 1 aromatic rings. The van der Waals surface area contributed by atoms with Crippen LogP contribution < -0.4 is 9.47 Å². The van der Waals surface area contributed by atoms with Crippen LogP contribution in [0.3, 0.4) is 0 Å². The van der Waals surface area contributed by atoms with Crippen molar-refractivity contribution in [2.24, 2.45) is 0 Å². The molecule has 0 aliphatic carbocycles. The molecule has 0 saturated heterocycles. The predicted molar refractivity (Wildman–Crippen MR) is 57.6 cm³/mol. The first-order chi connectivity index (χ1) is 6.70. The lowest BCUT2D eigenvalue weighted by molar-refractivity contribution is 0.101. The second-order valence-electron chi connectivity index (χ2n) is 2.97. The molecule has 0 saturated carbocycles. The highest BCUT2D eigenvalue weighted by atomic mass is 79.9. The first kappa shape index (κ1) is 9.98. The summed E-state index contributed by atoms with van der Waals surface area (Å²) >= 11 is 4.73. The number of hydrogen-bond acceptors (Lipinski definition) is 4. The second kappa shape index (κ2) is 3.90. The summed E-state index contributed by atoms with van der Waals surface area (Å²) in [6.45, 7) is 2.78. The highest BCUT2D eigenvalue weighted by Gasteiger charge is 2.24. The van der Waals surface area contributed by atoms with Crippen molar-refractivity contribution >= 4 is 33.0 Å². The third-order valence-corrected chi connectivity index (χ3v) is 3.77. The molecule has 1 aromatic heterocycles. The van der Waals surface area contributed by atoms with Gasteiger partial charge < -0.3 is 9.47 Å². The average molecular weight is 277 g/mol. The van der Waals surface area contributed by atoms with Gasteiger partial charge in [0.2, 0.25) is 0 Å². The van der Waals surface area contributed by atoms with Gasteiger partial charge in [-0.3, -0.25) is 4.79 Å². The fourth-order valence-corrected chi connectivity index (χ4v) is 2.86. The molecule has 2 rings (SSSR count). The Morgan fingerprint density at radius 3 is 2.64 bits per heavy atom. The largest absolute Gasteiger partial charge is 0.488 e. The Kier molecular flexibility index (Phi) is 2.78. The molecule has 0 bridgehead atoms. The van der Waals surface area contributed by atoms with Crippen molar-refractivity contribution in [1.29, 1.82) is 0 Å². The van der Waals surface area contributed by atoms with Gasteiger partial charge in [-0.2, -0.15) is 0 Å². The van der Waals surface area contributed by atoms with E-state index < -0.39 is 0 Å². The van der Waals surface area contributed by atoms with Crippen LogP contribution in [-0.2, 0) is 0 Å². The molecule has 14 heavy (non-hydrogen) atoms. The van der Waals surface area contributed by atoms with E-state index in [9.17, 15) is 4.79 Å². The molecule has 0 amide bonds. The van der Waals surface area contributed by atoms with Gasteiger partial charge in [-0.25, -0.2) is 0 Å². The lowest BCUT2D eigenvalue weighted by atomic mass is 10.3. The molecule has 0 fully saturated rings. The average Bonchev–Trinajstić information content (AvgIpc) is 2.38. The van der Waals surface area contributed by atoms with Gasteiger partial charge in [0.25, 0.3) is 0 Å². The molecule has 3 nitrogen and oxygen atoms in total. The molecular weight excluding hydrogens is 268 g/mol. The predicted octanol–water partition coefficient (Wildman–Crippen LogP) is 2.87. The normalized spacial score (nSPS) is 15.0. The summed E-state index contributed by atoms with van der Waals surface area (Å²) in [5.74, 6) is 1.30. The van der Waals surface area contributed by atoms with E-state index >= 15 is 0 Å². The van der Waals surface area contributed by atoms with Gasteiger partial charge in [0, 0.05) is 13.3 Å². The SMILES string of the molecule is CC(=O)c1sc(Br)c2c1OCCCO2. The van der Waals surface area contributed by atoms with Gasteiger partial charge >= 0.3 is 0 Å². The van der Waals surface area contributed by atoms with E-state index in [2.05, 4.69) is 15.9 Å². The molecule has 0 aromatic carbocycles. The highest BCUT2D eigenvalue weighted by molar-refractivity contribution is 9.11. The van der Waals surface area contributed by atoms with E-state index in [-0.39, 0.29) is 5.78 Å². The number of rotatable bonds is 1. The molecule has 76 valence electrons. The van der Waals surface area contributed by atoms with Crippen LogP contribution in [0, 0.1) is 0 Å². The number of thiophene rings is 1. The van der Waals surface area contributed by atoms with E-state index in [4.69, 9.17) is 9.47 Å². The van der Waals surface area contributed by atoms with Gasteiger partial charge in [0.05, 0.1) is 13.2 Å². The van der Waals surface area contributed by atoms with Crippen molar-refractivity contribution in [3.05, 3.63) is 8.66 Å². The molecule has 0 atom stereocenters. The number of fused-ring (bicyclic) bond motifs is 1. The maximum Gasteiger partial charge on any atom is 0.187 e. The van der Waals surface area contributed by atoms with Crippen molar-refractivity contribution in [3.63, 3.8) is 0 Å². The minimum atomic E-state index is 0.0162. The molecule has 0 N–H and O–H groups in total. The minimum Gasteiger partial charge on any atom is -0.488 e. The number of hydrogen-bond donors (Lipinski definition) is 0. The van der Waals surface area contributed by atoms with E-state index in [1.807, 2.05) is 0 Å². The Bertz CT molecular complexity index is 372. The number of carbonyl (C=O) groups is 1. The van der Waals surface area contributed by atoms with E-state index in [0.717, 1.165) is 10.2 Å². The fraction of sp³-hybridized carbons (Fsp3) is 0.444. The van der Waals surface area contributed by atoms with Crippen LogP contribution in [-0.4, -0.2) is 19.0 Å². The van der Waals surface area contributed by atoms with Crippen LogP contribution in [0.15, 0.2) is 3.79 Å². The van der Waals surface area contributed by atoms with Gasteiger partial charge in [0.15, 0.2) is 17.3 Å². The van der Waals surface area contributed by atoms with Crippen LogP contribution in [0.4, 0.5) is 0 Å². The lowest BCUT2D eigenvalue weighted by Crippen LogP contribution is -1.99. The fourth-order valence-electron chi connectivity index (χ4n) is 1.27. The Morgan fingerprint density at radius 1 is 1.36 bits per heavy atom. The monoisotopic (exact) mass is 276 g/mol. The van der Waals surface area contributed by atoms with Crippen LogP contribution in [0.5, 0.6) is 11.5 Å². The van der Waals surface area contributed by atoms with Gasteiger partial charge in [-0.05, 0) is 15.9 Å². The summed E-state index contributed by atoms with van der Waals surface area (Å²) in [5.41, 5.74) is 0. The molecule has 0 spiro atoms. The minimum absolute atomic E-state index is 0.0162. The maximum atomic E-state index is 11.3. The summed E-state index contributed by atoms with van der Waals surface area (Å²) in [5, 5.41) is 0. The second-order valence-corrected chi connectivity index (χ2v) is 5.31. The van der Waals surface area contributed by atoms with Crippen LogP contribution in [0.1, 0.15) is 23.0 Å². The Hall–Kier alpha value is -0.550. The van der Waals surface area contributed by atoms with Crippen molar-refractivity contribution in [2.45, 2.75) is 13.3 Å². The van der Waals surface area contributed by atoms with E-state index in [1.54, 1.807) is 0 Å². The number of carbonyl (C=O) groups excluding carboxylic acids is 1.